The number of esters is 2. The number of urea groups is 1. The number of amides is 4. The third-order valence-electron chi connectivity index (χ3n) is 14.8. The van der Waals surface area contributed by atoms with Crippen molar-refractivity contribution in [2.24, 2.45) is 0 Å². The minimum Gasteiger partial charge on any atom is -0.756 e. The summed E-state index contributed by atoms with van der Waals surface area (Å²) in [4.78, 5) is 75.9. The maximum absolute atomic E-state index is 12.8. The van der Waals surface area contributed by atoms with E-state index in [-0.39, 0.29) is 69.0 Å². The molecule has 5 N–H and O–H groups in total. The Morgan fingerprint density at radius 2 is 1.01 bits per heavy atom. The van der Waals surface area contributed by atoms with Gasteiger partial charge in [0.05, 0.1) is 44.9 Å². The molecule has 3 unspecified atom stereocenters. The number of quaternary nitrogens is 1. The number of carbonyl (C=O) groups is 5. The van der Waals surface area contributed by atoms with Crippen molar-refractivity contribution in [2.75, 3.05) is 58.3 Å². The number of hydrogen-bond acceptors (Lipinski definition) is 12. The van der Waals surface area contributed by atoms with E-state index in [0.717, 1.165) is 76.4 Å². The maximum Gasteiger partial charge on any atom is 0.315 e. The average molecular weight is 1130 g/mol. The first-order chi connectivity index (χ1) is 37.4. The van der Waals surface area contributed by atoms with Crippen LogP contribution in [0.4, 0.5) is 4.79 Å². The summed E-state index contributed by atoms with van der Waals surface area (Å²) in [5, 5.41) is 11.9. The fourth-order valence-corrected chi connectivity index (χ4v) is 12.1. The molecule has 0 aliphatic carbocycles. The zero-order valence-electron chi connectivity index (χ0n) is 49.5. The third-order valence-corrected chi connectivity index (χ3v) is 17.2. The lowest BCUT2D eigenvalue weighted by Crippen LogP contribution is -3.11. The van der Waals surface area contributed by atoms with Crippen molar-refractivity contribution in [3.05, 3.63) is 0 Å². The molecule has 2 heterocycles. The smallest absolute Gasteiger partial charge is 0.315 e. The van der Waals surface area contributed by atoms with Crippen LogP contribution < -0.4 is 31.1 Å². The summed E-state index contributed by atoms with van der Waals surface area (Å²) in [7, 11) is -4.84. The lowest BCUT2D eigenvalue weighted by molar-refractivity contribution is -0.894. The summed E-state index contributed by atoms with van der Waals surface area (Å²) in [6, 6.07) is 0.301. The van der Waals surface area contributed by atoms with Crippen molar-refractivity contribution in [3.8, 4) is 0 Å². The van der Waals surface area contributed by atoms with E-state index in [4.69, 9.17) is 18.5 Å². The molecule has 2 saturated heterocycles. The van der Waals surface area contributed by atoms with E-state index < -0.39 is 32.5 Å². The van der Waals surface area contributed by atoms with E-state index in [9.17, 15) is 33.4 Å². The zero-order chi connectivity index (χ0) is 56.5. The second kappa shape index (κ2) is 50.5. The molecule has 0 aromatic rings. The molecule has 4 amide bonds. The minimum atomic E-state index is -4.84. The standard InChI is InChI=1S/C53H99N4O11PS.C6H15N/c1-3-5-7-9-11-13-15-17-19-21-23-25-29-37-50(60)65-42-45(68-51(61)38-30-26-24-22-20-18-16-14-12-10-8-6-4-2)43-67-69(63,64)66-41-40-55-49(59)35-28-27-33-39-54-48(58)36-32-31-34-47-52-46(44-70-47)56-53(62)57-52;1-4-7(5-2)6-3/h45-47,52H,3-44H2,1-2H3,(H,54,58)(H,55,59)(H,63,64)(H2,56,57,62);4-6H2,1-3H3/t45?,46-,47?,52-;/m0./s1. The molecule has 2 aliphatic heterocycles. The predicted molar refractivity (Wildman–Crippen MR) is 312 cm³/mol. The van der Waals surface area contributed by atoms with Gasteiger partial charge in [-0.3, -0.25) is 23.7 Å². The van der Waals surface area contributed by atoms with Crippen LogP contribution in [0.25, 0.3) is 0 Å². The number of phosphoric ester groups is 1. The van der Waals surface area contributed by atoms with E-state index in [1.807, 2.05) is 11.8 Å². The Morgan fingerprint density at radius 3 is 1.51 bits per heavy atom. The molecule has 5 atom stereocenters. The van der Waals surface area contributed by atoms with Crippen LogP contribution in [0, 0.1) is 0 Å². The molecular formula is C59H114N5O11PS. The molecule has 0 saturated carbocycles. The van der Waals surface area contributed by atoms with E-state index in [0.29, 0.717) is 37.5 Å². The SMILES string of the molecule is CCCCCCCCCCCCCCCC(=O)OCC(COP(=O)([O-])OCCNC(=O)CCCCCNC(=O)CCCCC1SC[C@@H]2NC(=O)N[C@H]12)OC(=O)CCCCCCCCCCCCCCC.CC[NH+](CC)CC. The Balaban J connectivity index is 0.00000394. The van der Waals surface area contributed by atoms with Crippen molar-refractivity contribution < 1.29 is 56.9 Å². The van der Waals surface area contributed by atoms with Crippen LogP contribution in [-0.4, -0.2) is 112 Å². The molecule has 2 rings (SSSR count). The summed E-state index contributed by atoms with van der Waals surface area (Å²) in [6.07, 6.45) is 35.7. The van der Waals surface area contributed by atoms with Crippen LogP contribution in [-0.2, 0) is 42.3 Å². The number of nitrogens with one attached hydrogen (secondary N) is 5. The summed E-state index contributed by atoms with van der Waals surface area (Å²) < 4.78 is 33.7. The van der Waals surface area contributed by atoms with E-state index in [1.165, 1.54) is 135 Å². The fraction of sp³-hybridized carbons (Fsp3) is 0.915. The van der Waals surface area contributed by atoms with Crippen molar-refractivity contribution in [3.63, 3.8) is 0 Å². The molecule has 16 nitrogen and oxygen atoms in total. The van der Waals surface area contributed by atoms with E-state index in [1.54, 1.807) is 4.90 Å². The molecule has 2 fully saturated rings. The van der Waals surface area contributed by atoms with E-state index >= 15 is 0 Å². The fourth-order valence-electron chi connectivity index (χ4n) is 9.77. The highest BCUT2D eigenvalue weighted by Gasteiger charge is 2.42. The number of fused-ring (bicyclic) bond motifs is 1. The quantitative estimate of drug-likeness (QED) is 0.0166. The van der Waals surface area contributed by atoms with Gasteiger partial charge >= 0.3 is 18.0 Å². The van der Waals surface area contributed by atoms with Crippen molar-refractivity contribution in [2.45, 2.75) is 289 Å². The molecule has 77 heavy (non-hydrogen) atoms. The highest BCUT2D eigenvalue weighted by molar-refractivity contribution is 8.00. The van der Waals surface area contributed by atoms with Gasteiger partial charge in [0, 0.05) is 49.8 Å². The van der Waals surface area contributed by atoms with Crippen LogP contribution in [0.2, 0.25) is 0 Å². The highest BCUT2D eigenvalue weighted by atomic mass is 32.2. The molecular weight excluding hydrogens is 1020 g/mol. The topological polar surface area (TPSA) is 215 Å². The zero-order valence-corrected chi connectivity index (χ0v) is 51.2. The summed E-state index contributed by atoms with van der Waals surface area (Å²) >= 11 is 1.88. The monoisotopic (exact) mass is 1130 g/mol. The molecule has 0 aromatic carbocycles. The first kappa shape index (κ1) is 72.6. The molecule has 18 heteroatoms. The molecule has 2 aliphatic rings. The van der Waals surface area contributed by atoms with E-state index in [2.05, 4.69) is 55.9 Å². The number of hydrogen-bond donors (Lipinski definition) is 5. The average Bonchev–Trinajstić information content (AvgIpc) is 3.98. The normalized spacial score (nSPS) is 16.9. The van der Waals surface area contributed by atoms with Crippen molar-refractivity contribution in [1.82, 2.24) is 21.3 Å². The Hall–Kier alpha value is -2.43. The summed E-state index contributed by atoms with van der Waals surface area (Å²) in [6.45, 7) is 14.2. The van der Waals surface area contributed by atoms with Gasteiger partial charge in [-0.15, -0.1) is 0 Å². The van der Waals surface area contributed by atoms with Gasteiger partial charge in [-0.1, -0.05) is 181 Å². The molecule has 0 spiro atoms. The molecule has 0 aromatic heterocycles. The minimum absolute atomic E-state index is 0.0146. The van der Waals surface area contributed by atoms with Crippen LogP contribution in [0.5, 0.6) is 0 Å². The summed E-state index contributed by atoms with van der Waals surface area (Å²) in [5.41, 5.74) is 0. The number of thioether (sulfide) groups is 1. The van der Waals surface area contributed by atoms with Gasteiger partial charge in [-0.25, -0.2) is 4.79 Å². The Kier molecular flexibility index (Phi) is 47.6. The number of phosphoric acid groups is 1. The van der Waals surface area contributed by atoms with Gasteiger partial charge in [0.2, 0.25) is 11.8 Å². The van der Waals surface area contributed by atoms with Gasteiger partial charge in [0.15, 0.2) is 6.10 Å². The molecule has 0 bridgehead atoms. The van der Waals surface area contributed by atoms with Crippen LogP contribution >= 0.6 is 19.6 Å². The second-order valence-electron chi connectivity index (χ2n) is 21.5. The molecule has 452 valence electrons. The van der Waals surface area contributed by atoms with Gasteiger partial charge < -0.3 is 49.6 Å². The van der Waals surface area contributed by atoms with Crippen LogP contribution in [0.15, 0.2) is 0 Å². The van der Waals surface area contributed by atoms with Crippen molar-refractivity contribution in [1.29, 1.82) is 0 Å². The predicted octanol–water partition coefficient (Wildman–Crippen LogP) is 11.4. The number of unbranched alkanes of at least 4 members (excludes halogenated alkanes) is 27. The third kappa shape index (κ3) is 43.0. The Morgan fingerprint density at radius 1 is 0.571 bits per heavy atom. The van der Waals surface area contributed by atoms with Crippen LogP contribution in [0.3, 0.4) is 0 Å². The Labute approximate surface area is 473 Å². The number of rotatable bonds is 52. The first-order valence-corrected chi connectivity index (χ1v) is 33.9. The van der Waals surface area contributed by atoms with Gasteiger partial charge in [-0.2, -0.15) is 11.8 Å². The first-order valence-electron chi connectivity index (χ1n) is 31.4. The summed E-state index contributed by atoms with van der Waals surface area (Å²) in [5.74, 6) is -0.238. The van der Waals surface area contributed by atoms with Crippen LogP contribution in [0.1, 0.15) is 266 Å². The maximum atomic E-state index is 12.8. The Bertz CT molecular complexity index is 1530. The van der Waals surface area contributed by atoms with Gasteiger partial charge in [0.1, 0.15) is 6.61 Å². The van der Waals surface area contributed by atoms with Gasteiger partial charge in [0.25, 0.3) is 7.82 Å². The van der Waals surface area contributed by atoms with Gasteiger partial charge in [-0.05, 0) is 59.3 Å². The molecule has 0 radical (unpaired) electrons. The lowest BCUT2D eigenvalue weighted by Gasteiger charge is -2.25. The lowest BCUT2D eigenvalue weighted by atomic mass is 10.0. The number of ether oxygens (including phenoxy) is 2. The number of carbonyl (C=O) groups excluding carboxylic acids is 5. The second-order valence-corrected chi connectivity index (χ2v) is 24.2. The highest BCUT2D eigenvalue weighted by Crippen LogP contribution is 2.38. The largest absolute Gasteiger partial charge is 0.756 e. The van der Waals surface area contributed by atoms with Crippen molar-refractivity contribution >= 4 is 49.4 Å².